The first-order chi connectivity index (χ1) is 20.1. The molecule has 2 saturated carbocycles. The van der Waals surface area contributed by atoms with Crippen molar-refractivity contribution in [3.05, 3.63) is 24.2 Å². The Balaban J connectivity index is 1.74. The number of furan rings is 1. The van der Waals surface area contributed by atoms with Crippen molar-refractivity contribution < 1.29 is 52.1 Å². The molecule has 2 saturated heterocycles. The van der Waals surface area contributed by atoms with E-state index >= 15 is 0 Å². The Morgan fingerprint density at radius 3 is 2.40 bits per heavy atom. The van der Waals surface area contributed by atoms with Crippen molar-refractivity contribution in [2.75, 3.05) is 7.11 Å². The zero-order valence-corrected chi connectivity index (χ0v) is 25.7. The summed E-state index contributed by atoms with van der Waals surface area (Å²) >= 11 is 0. The van der Waals surface area contributed by atoms with Crippen LogP contribution >= 0.6 is 0 Å². The molecule has 11 heteroatoms. The van der Waals surface area contributed by atoms with Gasteiger partial charge >= 0.3 is 17.9 Å². The number of esters is 3. The molecule has 0 unspecified atom stereocenters. The van der Waals surface area contributed by atoms with Crippen LogP contribution in [0.5, 0.6) is 0 Å². The highest BCUT2D eigenvalue weighted by Crippen LogP contribution is 2.69. The van der Waals surface area contributed by atoms with Crippen molar-refractivity contribution in [1.29, 1.82) is 0 Å². The van der Waals surface area contributed by atoms with Crippen LogP contribution in [-0.2, 0) is 47.7 Å². The lowest BCUT2D eigenvalue weighted by Crippen LogP contribution is -2.67. The van der Waals surface area contributed by atoms with E-state index in [0.717, 1.165) is 0 Å². The van der Waals surface area contributed by atoms with E-state index in [2.05, 4.69) is 0 Å². The summed E-state index contributed by atoms with van der Waals surface area (Å²) in [4.78, 5) is 80.5. The number of ketones is 2. The molecule has 2 bridgehead atoms. The van der Waals surface area contributed by atoms with Gasteiger partial charge in [0.2, 0.25) is 0 Å². The molecule has 0 spiro atoms. The summed E-state index contributed by atoms with van der Waals surface area (Å²) < 4.78 is 28.5. The van der Waals surface area contributed by atoms with Gasteiger partial charge in [-0.3, -0.25) is 24.0 Å². The highest BCUT2D eigenvalue weighted by atomic mass is 16.6. The number of Topliss-reactive ketones (excluding diaryl/α,β-unsaturated/α-hetero) is 2. The van der Waals surface area contributed by atoms with E-state index in [1.165, 1.54) is 26.6 Å². The van der Waals surface area contributed by atoms with E-state index in [-0.39, 0.29) is 31.5 Å². The van der Waals surface area contributed by atoms with E-state index in [4.69, 9.17) is 23.4 Å². The second-order valence-electron chi connectivity index (χ2n) is 13.6. The monoisotopic (exact) mass is 600 g/mol. The number of methoxy groups -OCH3 is 1. The minimum absolute atomic E-state index is 0.00167. The largest absolute Gasteiger partial charge is 0.472 e. The zero-order valence-electron chi connectivity index (χ0n) is 25.7. The Hall–Kier alpha value is -3.34. The number of ether oxygens (including phenoxy) is 4. The Labute approximate surface area is 250 Å². The summed E-state index contributed by atoms with van der Waals surface area (Å²) in [7, 11) is 1.25. The topological polar surface area (TPSA) is 152 Å². The average Bonchev–Trinajstić information content (AvgIpc) is 3.64. The Morgan fingerprint density at radius 2 is 1.84 bits per heavy atom. The van der Waals surface area contributed by atoms with Crippen LogP contribution in [0.15, 0.2) is 23.0 Å². The number of rotatable bonds is 8. The first-order valence-corrected chi connectivity index (χ1v) is 14.8. The third kappa shape index (κ3) is 4.17. The van der Waals surface area contributed by atoms with Crippen molar-refractivity contribution >= 4 is 35.8 Å². The molecular formula is C32H40O11. The fourth-order valence-corrected chi connectivity index (χ4v) is 9.37. The highest BCUT2D eigenvalue weighted by Gasteiger charge is 2.77. The van der Waals surface area contributed by atoms with Crippen LogP contribution < -0.4 is 0 Å². The summed E-state index contributed by atoms with van der Waals surface area (Å²) in [6.45, 7) is 10.2. The van der Waals surface area contributed by atoms with E-state index < -0.39 is 87.5 Å². The molecule has 0 aromatic carbocycles. The summed E-state index contributed by atoms with van der Waals surface area (Å²) in [5, 5.41) is 0. The molecule has 5 rings (SSSR count). The smallest absolute Gasteiger partial charge is 0.335 e. The van der Waals surface area contributed by atoms with E-state index in [1.54, 1.807) is 26.8 Å². The number of aldehydes is 1. The maximum Gasteiger partial charge on any atom is 0.335 e. The van der Waals surface area contributed by atoms with Gasteiger partial charge in [0.1, 0.15) is 23.6 Å². The summed E-state index contributed by atoms with van der Waals surface area (Å²) in [5.41, 5.74) is -4.68. The predicted molar refractivity (Wildman–Crippen MR) is 147 cm³/mol. The summed E-state index contributed by atoms with van der Waals surface area (Å²) in [6, 6.07) is 1.63. The molecule has 0 N–H and O–H groups in total. The normalized spacial score (nSPS) is 40.3. The summed E-state index contributed by atoms with van der Waals surface area (Å²) in [6.07, 6.45) is 1.23. The van der Waals surface area contributed by atoms with Crippen LogP contribution in [0.2, 0.25) is 0 Å². The molecular weight excluding hydrogens is 560 g/mol. The van der Waals surface area contributed by atoms with E-state index in [0.29, 0.717) is 11.8 Å². The van der Waals surface area contributed by atoms with Gasteiger partial charge in [0.25, 0.3) is 0 Å². The molecule has 1 aromatic heterocycles. The lowest BCUT2D eigenvalue weighted by atomic mass is 9.42. The molecule has 3 heterocycles. The first-order valence-electron chi connectivity index (χ1n) is 14.8. The van der Waals surface area contributed by atoms with Crippen molar-refractivity contribution in [1.82, 2.24) is 0 Å². The van der Waals surface area contributed by atoms with Gasteiger partial charge in [-0.25, -0.2) is 4.79 Å². The van der Waals surface area contributed by atoms with Gasteiger partial charge < -0.3 is 23.4 Å². The van der Waals surface area contributed by atoms with Crippen molar-refractivity contribution in [3.63, 3.8) is 0 Å². The quantitative estimate of drug-likeness (QED) is 0.186. The molecule has 4 aliphatic rings. The fraction of sp³-hybridized carbons (Fsp3) is 0.688. The molecule has 4 fully saturated rings. The second kappa shape index (κ2) is 10.4. The standard InChI is InChI=1S/C32H40O11/c1-8-18(35)22-24-30(5,26(41-16(2)34)17-10-12-40-14-17)11-9-19(32(24,15-33)43-27(22)37)31(6)20(36)13-21-29(3,4)25(31)23(42-21)28(38)39-7/h10,12,14-15,19,21-26H,8-9,11,13H2,1-7H3/t19-,21+,22+,23-,24-,25+,26+,30-,31+,32-/m1/s1. The fourth-order valence-electron chi connectivity index (χ4n) is 9.37. The minimum Gasteiger partial charge on any atom is -0.472 e. The molecule has 10 atom stereocenters. The van der Waals surface area contributed by atoms with E-state index in [9.17, 15) is 28.8 Å². The van der Waals surface area contributed by atoms with Crippen LogP contribution in [0.1, 0.15) is 78.9 Å². The van der Waals surface area contributed by atoms with E-state index in [1.807, 2.05) is 13.8 Å². The van der Waals surface area contributed by atoms with Gasteiger partial charge in [0, 0.05) is 53.9 Å². The third-order valence-electron chi connectivity index (χ3n) is 11.2. The van der Waals surface area contributed by atoms with Gasteiger partial charge in [0.15, 0.2) is 18.0 Å². The number of carbonyl (C=O) groups is 6. The SMILES string of the molecule is CCC(=O)[C@@H]1C(=O)O[C@@]2(C=O)[C@H]1[C@](C)([C@@H](OC(C)=O)c1ccoc1)CC[C@@H]2[C@@]1(C)C(=O)C[C@@H]2O[C@@H](C(=O)OC)[C@H]1C2(C)C. The molecule has 0 radical (unpaired) electrons. The van der Waals surface area contributed by atoms with Crippen molar-refractivity contribution in [3.8, 4) is 0 Å². The number of hydrogen-bond acceptors (Lipinski definition) is 11. The number of fused-ring (bicyclic) bond motifs is 3. The molecule has 43 heavy (non-hydrogen) atoms. The number of hydrogen-bond donors (Lipinski definition) is 0. The average molecular weight is 601 g/mol. The van der Waals surface area contributed by atoms with Crippen LogP contribution in [0.25, 0.3) is 0 Å². The molecule has 11 nitrogen and oxygen atoms in total. The minimum atomic E-state index is -1.95. The summed E-state index contributed by atoms with van der Waals surface area (Å²) in [5.74, 6) is -6.78. The zero-order chi connectivity index (χ0) is 31.7. The molecule has 2 aliphatic heterocycles. The predicted octanol–water partition coefficient (Wildman–Crippen LogP) is 3.57. The molecule has 1 aromatic rings. The Bertz CT molecular complexity index is 1350. The van der Waals surface area contributed by atoms with Gasteiger partial charge in [-0.05, 0) is 24.3 Å². The van der Waals surface area contributed by atoms with Crippen LogP contribution in [-0.4, -0.2) is 60.7 Å². The van der Waals surface area contributed by atoms with Crippen LogP contribution in [0.4, 0.5) is 0 Å². The maximum atomic E-state index is 14.2. The molecule has 0 amide bonds. The lowest BCUT2D eigenvalue weighted by molar-refractivity contribution is -0.208. The van der Waals surface area contributed by atoms with Gasteiger partial charge in [-0.2, -0.15) is 0 Å². The molecule has 2 aliphatic carbocycles. The van der Waals surface area contributed by atoms with Gasteiger partial charge in [0.05, 0.1) is 25.7 Å². The Morgan fingerprint density at radius 1 is 1.14 bits per heavy atom. The van der Waals surface area contributed by atoms with Crippen molar-refractivity contribution in [2.45, 2.75) is 91.1 Å². The Kier molecular flexibility index (Phi) is 7.51. The number of carbonyl (C=O) groups excluding carboxylic acids is 6. The van der Waals surface area contributed by atoms with Crippen molar-refractivity contribution in [2.24, 2.45) is 39.9 Å². The third-order valence-corrected chi connectivity index (χ3v) is 11.2. The first kappa shape index (κ1) is 31.1. The lowest BCUT2D eigenvalue weighted by Gasteiger charge is -2.60. The van der Waals surface area contributed by atoms with Gasteiger partial charge in [-0.15, -0.1) is 0 Å². The molecule has 234 valence electrons. The van der Waals surface area contributed by atoms with Crippen LogP contribution in [0, 0.1) is 39.9 Å². The van der Waals surface area contributed by atoms with Gasteiger partial charge in [-0.1, -0.05) is 34.6 Å². The second-order valence-corrected chi connectivity index (χ2v) is 13.6. The van der Waals surface area contributed by atoms with Crippen LogP contribution in [0.3, 0.4) is 0 Å². The maximum absolute atomic E-state index is 14.2. The highest BCUT2D eigenvalue weighted by molar-refractivity contribution is 6.03.